The number of hydrogen-bond donors (Lipinski definition) is 2. The predicted molar refractivity (Wildman–Crippen MR) is 87.7 cm³/mol. The van der Waals surface area contributed by atoms with Gasteiger partial charge < -0.3 is 11.1 Å². The average molecular weight is 281 g/mol. The summed E-state index contributed by atoms with van der Waals surface area (Å²) in [7, 11) is 0. The Morgan fingerprint density at radius 2 is 1.85 bits per heavy atom. The number of pyridine rings is 1. The van der Waals surface area contributed by atoms with Crippen molar-refractivity contribution in [3.05, 3.63) is 54.7 Å². The zero-order chi connectivity index (χ0) is 13.9. The third-order valence-corrected chi connectivity index (χ3v) is 3.92. The summed E-state index contributed by atoms with van der Waals surface area (Å²) < 4.78 is 0. The Morgan fingerprint density at radius 1 is 1.05 bits per heavy atom. The van der Waals surface area contributed by atoms with Crippen LogP contribution in [0.15, 0.2) is 59.6 Å². The van der Waals surface area contributed by atoms with Crippen LogP contribution in [-0.2, 0) is 0 Å². The second-order valence-corrected chi connectivity index (χ2v) is 5.34. The summed E-state index contributed by atoms with van der Waals surface area (Å²) in [6, 6.07) is 16.1. The Labute approximate surface area is 122 Å². The van der Waals surface area contributed by atoms with Gasteiger partial charge in [-0.05, 0) is 54.8 Å². The Bertz CT molecular complexity index is 738. The summed E-state index contributed by atoms with van der Waals surface area (Å²) in [6.07, 6.45) is 3.85. The molecule has 4 heteroatoms. The number of aromatic nitrogens is 1. The van der Waals surface area contributed by atoms with Crippen LogP contribution in [0, 0.1) is 0 Å². The van der Waals surface area contributed by atoms with Crippen molar-refractivity contribution in [2.24, 2.45) is 0 Å². The molecule has 0 atom stereocenters. The molecule has 20 heavy (non-hydrogen) atoms. The normalized spacial score (nSPS) is 10.7. The van der Waals surface area contributed by atoms with E-state index >= 15 is 0 Å². The summed E-state index contributed by atoms with van der Waals surface area (Å²) in [6.45, 7) is 0. The standard InChI is InChI=1S/C16H15N3S/c1-20-12-6-4-11(5-7-12)19-15-9-8-14(17)13-3-2-10-18-16(13)15/h2-10,19H,17H2,1H3. The van der Waals surface area contributed by atoms with E-state index in [2.05, 4.69) is 40.8 Å². The highest BCUT2D eigenvalue weighted by Crippen LogP contribution is 2.29. The van der Waals surface area contributed by atoms with Gasteiger partial charge in [-0.1, -0.05) is 0 Å². The number of nitrogens with two attached hydrogens (primary N) is 1. The molecule has 1 aromatic heterocycles. The van der Waals surface area contributed by atoms with Crippen molar-refractivity contribution < 1.29 is 0 Å². The van der Waals surface area contributed by atoms with E-state index in [4.69, 9.17) is 5.73 Å². The molecule has 0 aliphatic carbocycles. The molecule has 0 unspecified atom stereocenters. The Kier molecular flexibility index (Phi) is 3.48. The first-order valence-electron chi connectivity index (χ1n) is 6.32. The van der Waals surface area contributed by atoms with Crippen molar-refractivity contribution in [1.29, 1.82) is 0 Å². The SMILES string of the molecule is CSc1ccc(Nc2ccc(N)c3cccnc23)cc1. The average Bonchev–Trinajstić information content (AvgIpc) is 2.51. The minimum atomic E-state index is 0.747. The summed E-state index contributed by atoms with van der Waals surface area (Å²) in [5, 5.41) is 4.37. The molecule has 0 spiro atoms. The van der Waals surface area contributed by atoms with E-state index in [0.717, 1.165) is 28.0 Å². The van der Waals surface area contributed by atoms with Crippen molar-refractivity contribution in [3.63, 3.8) is 0 Å². The third-order valence-electron chi connectivity index (χ3n) is 3.17. The first-order chi connectivity index (χ1) is 9.78. The van der Waals surface area contributed by atoms with Crippen LogP contribution in [0.5, 0.6) is 0 Å². The first-order valence-corrected chi connectivity index (χ1v) is 7.54. The van der Waals surface area contributed by atoms with Crippen molar-refractivity contribution >= 4 is 39.7 Å². The number of thioether (sulfide) groups is 1. The molecule has 100 valence electrons. The van der Waals surface area contributed by atoms with Crippen molar-refractivity contribution in [1.82, 2.24) is 4.98 Å². The summed E-state index contributed by atoms with van der Waals surface area (Å²) >= 11 is 1.73. The molecule has 0 saturated heterocycles. The number of nitrogens with zero attached hydrogens (tertiary/aromatic N) is 1. The molecule has 2 aromatic carbocycles. The third kappa shape index (κ3) is 2.42. The number of anilines is 3. The van der Waals surface area contributed by atoms with Crippen LogP contribution >= 0.6 is 11.8 Å². The van der Waals surface area contributed by atoms with E-state index in [1.165, 1.54) is 4.90 Å². The van der Waals surface area contributed by atoms with E-state index in [1.807, 2.05) is 24.3 Å². The monoisotopic (exact) mass is 281 g/mol. The molecule has 3 rings (SSSR count). The van der Waals surface area contributed by atoms with Crippen LogP contribution in [0.4, 0.5) is 17.1 Å². The van der Waals surface area contributed by atoms with Crippen LogP contribution in [0.2, 0.25) is 0 Å². The molecule has 3 aromatic rings. The fourth-order valence-electron chi connectivity index (χ4n) is 2.13. The van der Waals surface area contributed by atoms with Gasteiger partial charge in [-0.25, -0.2) is 0 Å². The molecular formula is C16H15N3S. The lowest BCUT2D eigenvalue weighted by Crippen LogP contribution is -1.95. The molecule has 1 heterocycles. The van der Waals surface area contributed by atoms with Crippen molar-refractivity contribution in [2.45, 2.75) is 4.90 Å². The van der Waals surface area contributed by atoms with Gasteiger partial charge in [-0.3, -0.25) is 4.98 Å². The molecular weight excluding hydrogens is 266 g/mol. The smallest absolute Gasteiger partial charge is 0.0957 e. The lowest BCUT2D eigenvalue weighted by Gasteiger charge is -2.11. The van der Waals surface area contributed by atoms with Gasteiger partial charge in [0.2, 0.25) is 0 Å². The lowest BCUT2D eigenvalue weighted by molar-refractivity contribution is 1.40. The number of fused-ring (bicyclic) bond motifs is 1. The molecule has 0 aliphatic heterocycles. The lowest BCUT2D eigenvalue weighted by atomic mass is 10.1. The minimum Gasteiger partial charge on any atom is -0.398 e. The zero-order valence-electron chi connectivity index (χ0n) is 11.1. The highest BCUT2D eigenvalue weighted by Gasteiger charge is 2.05. The summed E-state index contributed by atoms with van der Waals surface area (Å²) in [5.41, 5.74) is 9.63. The van der Waals surface area contributed by atoms with Gasteiger partial charge in [0.25, 0.3) is 0 Å². The van der Waals surface area contributed by atoms with Gasteiger partial charge in [0.1, 0.15) is 0 Å². The number of nitrogen functional groups attached to an aromatic ring is 1. The fourth-order valence-corrected chi connectivity index (χ4v) is 2.53. The van der Waals surface area contributed by atoms with E-state index < -0.39 is 0 Å². The molecule has 3 nitrogen and oxygen atoms in total. The maximum absolute atomic E-state index is 5.99. The van der Waals surface area contributed by atoms with E-state index in [0.29, 0.717) is 0 Å². The quantitative estimate of drug-likeness (QED) is 0.555. The van der Waals surface area contributed by atoms with E-state index in [-0.39, 0.29) is 0 Å². The van der Waals surface area contributed by atoms with E-state index in [9.17, 15) is 0 Å². The van der Waals surface area contributed by atoms with Gasteiger partial charge in [-0.2, -0.15) is 0 Å². The summed E-state index contributed by atoms with van der Waals surface area (Å²) in [5.74, 6) is 0. The number of benzene rings is 2. The highest BCUT2D eigenvalue weighted by atomic mass is 32.2. The van der Waals surface area contributed by atoms with Crippen LogP contribution in [0.25, 0.3) is 10.9 Å². The van der Waals surface area contributed by atoms with Crippen molar-refractivity contribution in [2.75, 3.05) is 17.3 Å². The first kappa shape index (κ1) is 12.8. The van der Waals surface area contributed by atoms with Crippen molar-refractivity contribution in [3.8, 4) is 0 Å². The number of hydrogen-bond acceptors (Lipinski definition) is 4. The summed E-state index contributed by atoms with van der Waals surface area (Å²) in [4.78, 5) is 5.67. The Morgan fingerprint density at radius 3 is 2.60 bits per heavy atom. The predicted octanol–water partition coefficient (Wildman–Crippen LogP) is 4.28. The molecule has 0 bridgehead atoms. The maximum atomic E-state index is 5.99. The van der Waals surface area contributed by atoms with Gasteiger partial charge in [0, 0.05) is 27.9 Å². The molecule has 3 N–H and O–H groups in total. The fraction of sp³-hybridized carbons (Fsp3) is 0.0625. The molecule has 0 amide bonds. The van der Waals surface area contributed by atoms with Gasteiger partial charge in [0.05, 0.1) is 11.2 Å². The van der Waals surface area contributed by atoms with Crippen LogP contribution in [0.3, 0.4) is 0 Å². The van der Waals surface area contributed by atoms with E-state index in [1.54, 1.807) is 18.0 Å². The van der Waals surface area contributed by atoms with Gasteiger partial charge in [0.15, 0.2) is 0 Å². The zero-order valence-corrected chi connectivity index (χ0v) is 11.9. The Balaban J connectivity index is 2.00. The van der Waals surface area contributed by atoms with Crippen LogP contribution < -0.4 is 11.1 Å². The van der Waals surface area contributed by atoms with Gasteiger partial charge >= 0.3 is 0 Å². The van der Waals surface area contributed by atoms with Crippen LogP contribution in [0.1, 0.15) is 0 Å². The Hall–Kier alpha value is -2.20. The number of nitrogens with one attached hydrogen (secondary N) is 1. The topological polar surface area (TPSA) is 50.9 Å². The maximum Gasteiger partial charge on any atom is 0.0957 e. The van der Waals surface area contributed by atoms with Crippen LogP contribution in [-0.4, -0.2) is 11.2 Å². The second kappa shape index (κ2) is 5.43. The largest absolute Gasteiger partial charge is 0.398 e. The molecule has 0 saturated carbocycles. The molecule has 0 aliphatic rings. The van der Waals surface area contributed by atoms with Gasteiger partial charge in [-0.15, -0.1) is 11.8 Å². The highest BCUT2D eigenvalue weighted by molar-refractivity contribution is 7.98. The number of rotatable bonds is 3. The molecule has 0 fully saturated rings. The minimum absolute atomic E-state index is 0.747. The molecule has 0 radical (unpaired) electrons. The second-order valence-electron chi connectivity index (χ2n) is 4.46.